The first-order valence-electron chi connectivity index (χ1n) is 12.5. The summed E-state index contributed by atoms with van der Waals surface area (Å²) in [6.07, 6.45) is -7.44. The van der Waals surface area contributed by atoms with E-state index in [9.17, 15) is 31.1 Å². The predicted molar refractivity (Wildman–Crippen MR) is 136 cm³/mol. The highest BCUT2D eigenvalue weighted by Crippen LogP contribution is 2.46. The number of fused-ring (bicyclic) bond motifs is 1. The molecule has 2 aromatic carbocycles. The van der Waals surface area contributed by atoms with Crippen LogP contribution in [0.5, 0.6) is 0 Å². The lowest BCUT2D eigenvalue weighted by atomic mass is 9.62. The zero-order valence-electron chi connectivity index (χ0n) is 22.2. The molecule has 10 heteroatoms. The van der Waals surface area contributed by atoms with E-state index in [2.05, 4.69) is 50.7 Å². The number of alkyl halides is 6. The Bertz CT molecular complexity index is 1370. The molecular formula is C29H30F6N2O2. The molecule has 0 unspecified atom stereocenters. The maximum atomic E-state index is 13.1. The number of halogens is 6. The summed E-state index contributed by atoms with van der Waals surface area (Å²) < 4.78 is 84.2. The molecule has 3 aromatic rings. The highest BCUT2D eigenvalue weighted by Gasteiger charge is 2.38. The molecule has 2 N–H and O–H groups in total. The lowest BCUT2D eigenvalue weighted by Crippen LogP contribution is -2.34. The van der Waals surface area contributed by atoms with Gasteiger partial charge < -0.3 is 4.42 Å². The van der Waals surface area contributed by atoms with Crippen molar-refractivity contribution < 1.29 is 35.6 Å². The van der Waals surface area contributed by atoms with Gasteiger partial charge >= 0.3 is 18.3 Å². The molecule has 210 valence electrons. The Labute approximate surface area is 222 Å². The Balaban J connectivity index is 1.51. The summed E-state index contributed by atoms with van der Waals surface area (Å²) in [7, 11) is 0. The normalized spacial score (nSPS) is 16.5. The van der Waals surface area contributed by atoms with Gasteiger partial charge in [0, 0.05) is 6.42 Å². The van der Waals surface area contributed by atoms with E-state index in [1.54, 1.807) is 6.07 Å². The first-order chi connectivity index (χ1) is 17.9. The summed E-state index contributed by atoms with van der Waals surface area (Å²) in [5.74, 6) is -0.496. The number of amides is 1. The zero-order valence-corrected chi connectivity index (χ0v) is 22.2. The molecule has 0 bridgehead atoms. The average Bonchev–Trinajstić information content (AvgIpc) is 3.29. The van der Waals surface area contributed by atoms with Crippen LogP contribution >= 0.6 is 0 Å². The van der Waals surface area contributed by atoms with Gasteiger partial charge in [0.1, 0.15) is 5.76 Å². The van der Waals surface area contributed by atoms with Crippen LogP contribution in [0.3, 0.4) is 0 Å². The summed E-state index contributed by atoms with van der Waals surface area (Å²) in [5, 5.41) is 0. The Kier molecular flexibility index (Phi) is 7.06. The lowest BCUT2D eigenvalue weighted by molar-refractivity contribution is -0.143. The number of hydrogen-bond acceptors (Lipinski definition) is 3. The SMILES string of the molecule is Cc1cc2c(cc1Cc1ccc(C(=O)NNc3cc(C(F)(F)F)cc(C(F)(F)F)c3)o1)C(C)(C)CCC2(C)C. The van der Waals surface area contributed by atoms with Crippen molar-refractivity contribution in [2.75, 3.05) is 5.43 Å². The first kappa shape index (κ1) is 28.6. The molecule has 0 aliphatic heterocycles. The van der Waals surface area contributed by atoms with E-state index in [4.69, 9.17) is 4.42 Å². The van der Waals surface area contributed by atoms with Gasteiger partial charge in [-0.1, -0.05) is 39.8 Å². The Morgan fingerprint density at radius 1 is 0.846 bits per heavy atom. The van der Waals surface area contributed by atoms with E-state index >= 15 is 0 Å². The highest BCUT2D eigenvalue weighted by atomic mass is 19.4. The fourth-order valence-corrected chi connectivity index (χ4v) is 4.96. The van der Waals surface area contributed by atoms with Crippen LogP contribution in [0.2, 0.25) is 0 Å². The molecule has 0 saturated heterocycles. The molecule has 0 spiro atoms. The minimum absolute atomic E-state index is 0.0105. The summed E-state index contributed by atoms with van der Waals surface area (Å²) >= 11 is 0. The highest BCUT2D eigenvalue weighted by molar-refractivity contribution is 5.92. The maximum Gasteiger partial charge on any atom is 0.416 e. The van der Waals surface area contributed by atoms with Crippen LogP contribution in [0, 0.1) is 6.92 Å². The average molecular weight is 553 g/mol. The number of carbonyl (C=O) groups excluding carboxylic acids is 1. The van der Waals surface area contributed by atoms with Gasteiger partial charge in [-0.05, 0) is 83.2 Å². The molecule has 1 heterocycles. The van der Waals surface area contributed by atoms with Crippen LogP contribution in [0.1, 0.15) is 90.2 Å². The van der Waals surface area contributed by atoms with Crippen molar-refractivity contribution in [2.45, 2.75) is 77.1 Å². The predicted octanol–water partition coefficient (Wildman–Crippen LogP) is 8.32. The number of rotatable bonds is 5. The second kappa shape index (κ2) is 9.64. The Morgan fingerprint density at radius 2 is 1.38 bits per heavy atom. The fraction of sp³-hybridized carbons (Fsp3) is 0.414. The van der Waals surface area contributed by atoms with Crippen molar-refractivity contribution in [1.29, 1.82) is 0 Å². The van der Waals surface area contributed by atoms with Crippen LogP contribution < -0.4 is 10.9 Å². The molecule has 0 saturated carbocycles. The zero-order chi connectivity index (χ0) is 29.0. The quantitative estimate of drug-likeness (QED) is 0.247. The molecule has 0 radical (unpaired) electrons. The molecule has 1 aliphatic rings. The molecule has 4 rings (SSSR count). The van der Waals surface area contributed by atoms with E-state index in [-0.39, 0.29) is 22.7 Å². The molecule has 39 heavy (non-hydrogen) atoms. The van der Waals surface area contributed by atoms with E-state index in [1.165, 1.54) is 17.2 Å². The molecule has 0 fully saturated rings. The largest absolute Gasteiger partial charge is 0.456 e. The van der Waals surface area contributed by atoms with Gasteiger partial charge in [-0.25, -0.2) is 0 Å². The lowest BCUT2D eigenvalue weighted by Gasteiger charge is -2.42. The number of carbonyl (C=O) groups is 1. The second-order valence-corrected chi connectivity index (χ2v) is 11.4. The third-order valence-corrected chi connectivity index (χ3v) is 7.47. The maximum absolute atomic E-state index is 13.1. The summed E-state index contributed by atoms with van der Waals surface area (Å²) in [4.78, 5) is 12.6. The summed E-state index contributed by atoms with van der Waals surface area (Å²) in [6.45, 7) is 11.0. The van der Waals surface area contributed by atoms with Gasteiger partial charge in [0.05, 0.1) is 16.8 Å². The number of hydrogen-bond donors (Lipinski definition) is 2. The summed E-state index contributed by atoms with van der Waals surface area (Å²) in [6, 6.07) is 8.40. The standard InChI is InChI=1S/C29H30F6N2O2/c1-16-10-22-23(27(4,5)9-8-26(22,2)3)12-17(16)11-21-6-7-24(39-21)25(38)37-36-20-14-18(28(30,31)32)13-19(15-20)29(33,34)35/h6-7,10,12-15,36H,8-9,11H2,1-5H3,(H,37,38). The van der Waals surface area contributed by atoms with Crippen LogP contribution in [0.4, 0.5) is 32.0 Å². The second-order valence-electron chi connectivity index (χ2n) is 11.4. The molecule has 0 atom stereocenters. The van der Waals surface area contributed by atoms with Crippen molar-refractivity contribution in [1.82, 2.24) is 5.43 Å². The minimum atomic E-state index is -5.00. The molecule has 1 amide bonds. The van der Waals surface area contributed by atoms with Crippen LogP contribution in [0.25, 0.3) is 0 Å². The number of furan rings is 1. The minimum Gasteiger partial charge on any atom is -0.456 e. The van der Waals surface area contributed by atoms with E-state index < -0.39 is 35.1 Å². The monoisotopic (exact) mass is 552 g/mol. The van der Waals surface area contributed by atoms with E-state index in [0.29, 0.717) is 24.3 Å². The number of aryl methyl sites for hydroxylation is 1. The number of anilines is 1. The topological polar surface area (TPSA) is 54.3 Å². The van der Waals surface area contributed by atoms with Crippen molar-refractivity contribution in [2.24, 2.45) is 0 Å². The molecule has 4 nitrogen and oxygen atoms in total. The van der Waals surface area contributed by atoms with Gasteiger partial charge in [-0.2, -0.15) is 26.3 Å². The van der Waals surface area contributed by atoms with Crippen molar-refractivity contribution >= 4 is 11.6 Å². The van der Waals surface area contributed by atoms with Gasteiger partial charge in [-0.3, -0.25) is 15.6 Å². The number of hydrazine groups is 1. The van der Waals surface area contributed by atoms with Gasteiger partial charge in [-0.15, -0.1) is 0 Å². The molecule has 1 aromatic heterocycles. The Morgan fingerprint density at radius 3 is 1.92 bits per heavy atom. The first-order valence-corrected chi connectivity index (χ1v) is 12.5. The summed E-state index contributed by atoms with van der Waals surface area (Å²) in [5.41, 5.74) is 5.49. The number of benzene rings is 2. The van der Waals surface area contributed by atoms with Crippen molar-refractivity contribution in [3.8, 4) is 0 Å². The number of nitrogens with one attached hydrogen (secondary N) is 2. The van der Waals surface area contributed by atoms with Crippen molar-refractivity contribution in [3.63, 3.8) is 0 Å². The third kappa shape index (κ3) is 6.09. The Hall–Kier alpha value is -3.43. The molecular weight excluding hydrogens is 522 g/mol. The van der Waals surface area contributed by atoms with Crippen LogP contribution in [0.15, 0.2) is 46.9 Å². The van der Waals surface area contributed by atoms with Gasteiger partial charge in [0.2, 0.25) is 0 Å². The fourth-order valence-electron chi connectivity index (χ4n) is 4.96. The van der Waals surface area contributed by atoms with E-state index in [0.717, 1.165) is 24.0 Å². The van der Waals surface area contributed by atoms with Crippen LogP contribution in [-0.2, 0) is 29.6 Å². The smallest absolute Gasteiger partial charge is 0.416 e. The third-order valence-electron chi connectivity index (χ3n) is 7.47. The van der Waals surface area contributed by atoms with Crippen molar-refractivity contribution in [3.05, 3.63) is 87.4 Å². The van der Waals surface area contributed by atoms with Gasteiger partial charge in [0.15, 0.2) is 5.76 Å². The van der Waals surface area contributed by atoms with Gasteiger partial charge in [0.25, 0.3) is 0 Å². The molecule has 1 aliphatic carbocycles. The van der Waals surface area contributed by atoms with E-state index in [1.807, 2.05) is 6.92 Å². The van der Waals surface area contributed by atoms with Crippen LogP contribution in [-0.4, -0.2) is 5.91 Å².